The predicted molar refractivity (Wildman–Crippen MR) is 70.7 cm³/mol. The largest absolute Gasteiger partial charge is 0.364 e. The van der Waals surface area contributed by atoms with Crippen LogP contribution in [0.15, 0.2) is 18.3 Å². The zero-order valence-electron chi connectivity index (χ0n) is 9.54. The third-order valence-electron chi connectivity index (χ3n) is 2.93. The van der Waals surface area contributed by atoms with Gasteiger partial charge in [-0.15, -0.1) is 0 Å². The van der Waals surface area contributed by atoms with Gasteiger partial charge in [-0.2, -0.15) is 0 Å². The Hall–Kier alpha value is -2.07. The summed E-state index contributed by atoms with van der Waals surface area (Å²) < 4.78 is 0. The van der Waals surface area contributed by atoms with Crippen LogP contribution in [-0.2, 0) is 0 Å². The second-order valence-corrected chi connectivity index (χ2v) is 4.57. The molecule has 0 bridgehead atoms. The predicted octanol–water partition coefficient (Wildman–Crippen LogP) is 2.58. The summed E-state index contributed by atoms with van der Waals surface area (Å²) >= 11 is 5.98. The smallest absolute Gasteiger partial charge is 0.269 e. The molecular formula is C13H9ClN3O. The number of pyridine rings is 1. The van der Waals surface area contributed by atoms with Crippen molar-refractivity contribution in [3.8, 4) is 0 Å². The molecule has 4 nitrogen and oxygen atoms in total. The highest BCUT2D eigenvalue weighted by Crippen LogP contribution is 2.30. The number of aromatic nitrogens is 2. The number of hydrogen-bond donors (Lipinski definition) is 2. The molecule has 3 aromatic rings. The lowest BCUT2D eigenvalue weighted by Gasteiger charge is -2.00. The lowest BCUT2D eigenvalue weighted by atomic mass is 10.1. The average molecular weight is 259 g/mol. The molecule has 0 aliphatic carbocycles. The first kappa shape index (κ1) is 11.0. The molecule has 2 aromatic heterocycles. The minimum Gasteiger partial charge on any atom is -0.364 e. The number of nitrogens with one attached hydrogen (secondary N) is 1. The second kappa shape index (κ2) is 3.71. The summed E-state index contributed by atoms with van der Waals surface area (Å²) in [5, 5.41) is 2.42. The molecule has 0 saturated heterocycles. The van der Waals surface area contributed by atoms with E-state index in [1.807, 2.05) is 13.0 Å². The molecule has 0 saturated carbocycles. The molecule has 2 heterocycles. The summed E-state index contributed by atoms with van der Waals surface area (Å²) in [5.74, 6) is -0.558. The molecule has 1 radical (unpaired) electrons. The summed E-state index contributed by atoms with van der Waals surface area (Å²) in [4.78, 5) is 18.6. The molecule has 89 valence electrons. The Balaban J connectivity index is 2.56. The number of primary amides is 1. The number of aromatic amines is 1. The molecule has 1 amide bonds. The second-order valence-electron chi connectivity index (χ2n) is 4.14. The van der Waals surface area contributed by atoms with E-state index in [0.717, 1.165) is 21.9 Å². The highest BCUT2D eigenvalue weighted by molar-refractivity contribution is 6.32. The van der Waals surface area contributed by atoms with E-state index in [0.29, 0.717) is 10.5 Å². The summed E-state index contributed by atoms with van der Waals surface area (Å²) in [6.45, 7) is 1.92. The Morgan fingerprint density at radius 3 is 3.06 bits per heavy atom. The van der Waals surface area contributed by atoms with Crippen molar-refractivity contribution in [1.29, 1.82) is 0 Å². The number of amides is 1. The highest BCUT2D eigenvalue weighted by Gasteiger charge is 2.15. The van der Waals surface area contributed by atoms with Crippen LogP contribution in [-0.4, -0.2) is 15.9 Å². The van der Waals surface area contributed by atoms with E-state index in [4.69, 9.17) is 17.3 Å². The molecule has 18 heavy (non-hydrogen) atoms. The number of carbonyl (C=O) groups excluding carboxylic acids is 1. The fourth-order valence-electron chi connectivity index (χ4n) is 2.16. The maximum atomic E-state index is 11.4. The van der Waals surface area contributed by atoms with Gasteiger partial charge in [0.15, 0.2) is 5.69 Å². The van der Waals surface area contributed by atoms with Crippen LogP contribution in [0.5, 0.6) is 0 Å². The van der Waals surface area contributed by atoms with Gasteiger partial charge in [0.25, 0.3) is 5.91 Å². The van der Waals surface area contributed by atoms with E-state index in [1.54, 1.807) is 12.3 Å². The number of nitrogens with two attached hydrogens (primary N) is 1. The van der Waals surface area contributed by atoms with E-state index in [1.165, 1.54) is 0 Å². The number of nitrogens with zero attached hydrogens (tertiary/aromatic N) is 1. The van der Waals surface area contributed by atoms with Crippen molar-refractivity contribution in [2.45, 2.75) is 6.92 Å². The summed E-state index contributed by atoms with van der Waals surface area (Å²) in [6.07, 6.45) is 1.64. The summed E-state index contributed by atoms with van der Waals surface area (Å²) in [6, 6.07) is 6.54. The van der Waals surface area contributed by atoms with Crippen molar-refractivity contribution in [1.82, 2.24) is 9.97 Å². The number of rotatable bonds is 1. The molecule has 0 aliphatic rings. The molecule has 1 aromatic carbocycles. The molecular weight excluding hydrogens is 250 g/mol. The molecule has 0 spiro atoms. The van der Waals surface area contributed by atoms with Crippen molar-refractivity contribution >= 4 is 39.3 Å². The molecule has 3 N–H and O–H groups in total. The van der Waals surface area contributed by atoms with Crippen molar-refractivity contribution in [2.24, 2.45) is 5.73 Å². The van der Waals surface area contributed by atoms with Gasteiger partial charge in [0.05, 0.1) is 11.0 Å². The highest BCUT2D eigenvalue weighted by atomic mass is 35.5. The Labute approximate surface area is 108 Å². The number of benzene rings is 1. The van der Waals surface area contributed by atoms with E-state index >= 15 is 0 Å². The minimum atomic E-state index is -0.558. The van der Waals surface area contributed by atoms with Gasteiger partial charge in [0, 0.05) is 28.1 Å². The molecule has 0 fully saturated rings. The Morgan fingerprint density at radius 2 is 2.33 bits per heavy atom. The van der Waals surface area contributed by atoms with Crippen LogP contribution in [0.25, 0.3) is 21.8 Å². The van der Waals surface area contributed by atoms with E-state index < -0.39 is 5.91 Å². The van der Waals surface area contributed by atoms with Crippen LogP contribution >= 0.6 is 11.6 Å². The lowest BCUT2D eigenvalue weighted by Crippen LogP contribution is -2.13. The van der Waals surface area contributed by atoms with Gasteiger partial charge in [-0.3, -0.25) is 4.79 Å². The van der Waals surface area contributed by atoms with Crippen LogP contribution < -0.4 is 5.73 Å². The number of H-pyrrole nitrogens is 1. The summed E-state index contributed by atoms with van der Waals surface area (Å²) in [7, 11) is 0. The van der Waals surface area contributed by atoms with Crippen LogP contribution in [0.2, 0.25) is 5.02 Å². The first-order valence-corrected chi connectivity index (χ1v) is 5.73. The van der Waals surface area contributed by atoms with Crippen LogP contribution in [0.1, 0.15) is 16.1 Å². The van der Waals surface area contributed by atoms with Crippen LogP contribution in [0.4, 0.5) is 0 Å². The summed E-state index contributed by atoms with van der Waals surface area (Å²) in [5.41, 5.74) is 7.93. The number of aryl methyl sites for hydroxylation is 1. The molecule has 5 heteroatoms. The first-order chi connectivity index (χ1) is 8.58. The molecule has 0 unspecified atom stereocenters. The van der Waals surface area contributed by atoms with Gasteiger partial charge in [0.2, 0.25) is 0 Å². The Kier molecular flexibility index (Phi) is 2.28. The van der Waals surface area contributed by atoms with Crippen molar-refractivity contribution in [2.75, 3.05) is 0 Å². The van der Waals surface area contributed by atoms with Gasteiger partial charge >= 0.3 is 0 Å². The van der Waals surface area contributed by atoms with Gasteiger partial charge in [-0.05, 0) is 24.6 Å². The third-order valence-corrected chi connectivity index (χ3v) is 3.15. The van der Waals surface area contributed by atoms with Gasteiger partial charge in [-0.1, -0.05) is 11.6 Å². The quantitative estimate of drug-likeness (QED) is 0.704. The number of carbonyl (C=O) groups is 1. The maximum absolute atomic E-state index is 11.4. The first-order valence-electron chi connectivity index (χ1n) is 5.36. The minimum absolute atomic E-state index is 0.233. The zero-order chi connectivity index (χ0) is 12.9. The topological polar surface area (TPSA) is 71.8 Å². The van der Waals surface area contributed by atoms with Gasteiger partial charge in [0.1, 0.15) is 0 Å². The van der Waals surface area contributed by atoms with Crippen LogP contribution in [0, 0.1) is 13.0 Å². The number of hydrogen-bond acceptors (Lipinski definition) is 2. The van der Waals surface area contributed by atoms with E-state index in [2.05, 4.69) is 16.0 Å². The monoisotopic (exact) mass is 258 g/mol. The van der Waals surface area contributed by atoms with Crippen molar-refractivity contribution in [3.63, 3.8) is 0 Å². The zero-order valence-corrected chi connectivity index (χ0v) is 10.3. The molecule has 0 aliphatic heterocycles. The van der Waals surface area contributed by atoms with Gasteiger partial charge < -0.3 is 10.7 Å². The fourth-order valence-corrected chi connectivity index (χ4v) is 2.32. The Bertz CT molecular complexity index is 792. The maximum Gasteiger partial charge on any atom is 0.269 e. The number of fused-ring (bicyclic) bond motifs is 3. The van der Waals surface area contributed by atoms with E-state index in [-0.39, 0.29) is 5.69 Å². The standard InChI is InChI=1S/C13H9ClN3O/c1-6-5-16-12(13(15)18)11-10(6)8-4-7(14)2-3-9(8)17-11/h2,4-5,17H,1H3,(H2,15,18). The average Bonchev–Trinajstić information content (AvgIpc) is 2.68. The van der Waals surface area contributed by atoms with E-state index in [9.17, 15) is 4.79 Å². The van der Waals surface area contributed by atoms with Crippen molar-refractivity contribution < 1.29 is 4.79 Å². The number of halogens is 1. The lowest BCUT2D eigenvalue weighted by molar-refractivity contribution is 0.0997. The SMILES string of the molecule is Cc1cnc(C(N)=O)c2[nH]c3[c]cc(Cl)cc3c12. The van der Waals surface area contributed by atoms with Gasteiger partial charge in [-0.25, -0.2) is 4.98 Å². The molecule has 3 rings (SSSR count). The third kappa shape index (κ3) is 1.46. The Morgan fingerprint density at radius 1 is 1.56 bits per heavy atom. The van der Waals surface area contributed by atoms with Crippen LogP contribution in [0.3, 0.4) is 0 Å². The van der Waals surface area contributed by atoms with Crippen molar-refractivity contribution in [3.05, 3.63) is 40.7 Å². The normalized spacial score (nSPS) is 11.2. The fraction of sp³-hybridized carbons (Fsp3) is 0.0769. The molecule has 0 atom stereocenters.